The van der Waals surface area contributed by atoms with Gasteiger partial charge in [-0.05, 0) is 16.7 Å². The third kappa shape index (κ3) is 3.15. The van der Waals surface area contributed by atoms with E-state index in [1.165, 1.54) is 27.0 Å². The second-order valence-corrected chi connectivity index (χ2v) is 5.42. The van der Waals surface area contributed by atoms with E-state index in [1.807, 2.05) is 17.5 Å². The van der Waals surface area contributed by atoms with E-state index >= 15 is 0 Å². The molecule has 0 saturated heterocycles. The van der Waals surface area contributed by atoms with Gasteiger partial charge in [0.05, 0.1) is 29.0 Å². The molecule has 0 aliphatic carbocycles. The van der Waals surface area contributed by atoms with Gasteiger partial charge in [-0.3, -0.25) is 14.8 Å². The minimum absolute atomic E-state index is 0.101. The number of aliphatic hydroxyl groups excluding tert-OH is 1. The monoisotopic (exact) mass is 321 g/mol. The van der Waals surface area contributed by atoms with Crippen LogP contribution in [0.1, 0.15) is 0 Å². The van der Waals surface area contributed by atoms with Gasteiger partial charge in [0, 0.05) is 0 Å². The van der Waals surface area contributed by atoms with Gasteiger partial charge in [0.25, 0.3) is 0 Å². The van der Waals surface area contributed by atoms with E-state index in [2.05, 4.69) is 20.5 Å². The molecule has 0 aliphatic rings. The van der Waals surface area contributed by atoms with E-state index in [0.717, 1.165) is 11.1 Å². The van der Waals surface area contributed by atoms with Gasteiger partial charge >= 0.3 is 5.69 Å². The summed E-state index contributed by atoms with van der Waals surface area (Å²) in [5.74, 6) is 0.497. The highest BCUT2D eigenvalue weighted by Crippen LogP contribution is 2.19. The lowest BCUT2D eigenvalue weighted by Gasteiger charge is -2.08. The number of thiophene rings is 1. The van der Waals surface area contributed by atoms with Crippen molar-refractivity contribution in [2.24, 2.45) is 0 Å². The Kier molecular flexibility index (Phi) is 3.89. The van der Waals surface area contributed by atoms with Gasteiger partial charge in [-0.1, -0.05) is 6.07 Å². The average Bonchev–Trinajstić information content (AvgIpc) is 3.18. The van der Waals surface area contributed by atoms with Crippen molar-refractivity contribution in [3.8, 4) is 10.7 Å². The maximum absolute atomic E-state index is 10.6. The largest absolute Gasteiger partial charge is 0.389 e. The lowest BCUT2D eigenvalue weighted by atomic mass is 10.3. The van der Waals surface area contributed by atoms with Crippen LogP contribution >= 0.6 is 11.3 Å². The van der Waals surface area contributed by atoms with Crippen LogP contribution in [0.4, 0.5) is 5.69 Å². The van der Waals surface area contributed by atoms with Crippen molar-refractivity contribution in [1.29, 1.82) is 0 Å². The fraction of sp³-hybridized carbons (Fsp3) is 0.273. The summed E-state index contributed by atoms with van der Waals surface area (Å²) in [5.41, 5.74) is -0.119. The Hall–Kier alpha value is -2.66. The number of hydrogen-bond acceptors (Lipinski definition) is 8. The van der Waals surface area contributed by atoms with Crippen molar-refractivity contribution in [3.63, 3.8) is 0 Å². The first kappa shape index (κ1) is 14.3. The lowest BCUT2D eigenvalue weighted by molar-refractivity contribution is -0.385. The first-order valence-electron chi connectivity index (χ1n) is 6.28. The second-order valence-electron chi connectivity index (χ2n) is 4.48. The number of tetrazole rings is 1. The molecule has 3 heterocycles. The molecule has 0 spiro atoms. The Morgan fingerprint density at radius 1 is 1.45 bits per heavy atom. The van der Waals surface area contributed by atoms with Gasteiger partial charge in [0.1, 0.15) is 12.4 Å². The van der Waals surface area contributed by atoms with E-state index < -0.39 is 11.0 Å². The highest BCUT2D eigenvalue weighted by atomic mass is 32.1. The Morgan fingerprint density at radius 2 is 2.32 bits per heavy atom. The molecule has 0 fully saturated rings. The minimum atomic E-state index is -0.843. The van der Waals surface area contributed by atoms with Gasteiger partial charge in [-0.15, -0.1) is 21.5 Å². The van der Waals surface area contributed by atoms with Crippen molar-refractivity contribution >= 4 is 17.0 Å². The fourth-order valence-corrected chi connectivity index (χ4v) is 2.48. The molecule has 114 valence electrons. The molecule has 0 saturated carbocycles. The van der Waals surface area contributed by atoms with Crippen LogP contribution in [0.25, 0.3) is 10.7 Å². The maximum Gasteiger partial charge on any atom is 0.306 e. The van der Waals surface area contributed by atoms with E-state index in [0.29, 0.717) is 5.82 Å². The maximum atomic E-state index is 10.6. The molecule has 10 nitrogen and oxygen atoms in total. The molecule has 1 atom stereocenters. The Bertz CT molecular complexity index is 766. The smallest absolute Gasteiger partial charge is 0.306 e. The summed E-state index contributed by atoms with van der Waals surface area (Å²) in [6.07, 6.45) is 1.55. The van der Waals surface area contributed by atoms with Crippen LogP contribution in [0.2, 0.25) is 0 Å². The predicted molar refractivity (Wildman–Crippen MR) is 76.0 cm³/mol. The molecule has 3 rings (SSSR count). The van der Waals surface area contributed by atoms with Gasteiger partial charge in [-0.2, -0.15) is 9.90 Å². The summed E-state index contributed by atoms with van der Waals surface area (Å²) in [6, 6.07) is 3.77. The highest BCUT2D eigenvalue weighted by molar-refractivity contribution is 7.13. The zero-order valence-electron chi connectivity index (χ0n) is 11.2. The number of hydrogen-bond donors (Lipinski definition) is 1. The van der Waals surface area contributed by atoms with Crippen LogP contribution in [0.15, 0.2) is 29.9 Å². The second kappa shape index (κ2) is 5.99. The molecule has 0 radical (unpaired) electrons. The molecule has 1 N–H and O–H groups in total. The van der Waals surface area contributed by atoms with Crippen molar-refractivity contribution < 1.29 is 10.0 Å². The molecule has 0 aliphatic heterocycles. The third-order valence-electron chi connectivity index (χ3n) is 2.80. The van der Waals surface area contributed by atoms with Crippen LogP contribution in [-0.4, -0.2) is 46.1 Å². The Morgan fingerprint density at radius 3 is 3.00 bits per heavy atom. The molecule has 1 unspecified atom stereocenters. The summed E-state index contributed by atoms with van der Waals surface area (Å²) < 4.78 is 1.31. The van der Waals surface area contributed by atoms with Crippen molar-refractivity contribution in [2.75, 3.05) is 0 Å². The topological polar surface area (TPSA) is 125 Å². The van der Waals surface area contributed by atoms with E-state index in [9.17, 15) is 15.2 Å². The summed E-state index contributed by atoms with van der Waals surface area (Å²) in [4.78, 5) is 12.2. The molecule has 11 heteroatoms. The molecule has 22 heavy (non-hydrogen) atoms. The Balaban J connectivity index is 1.61. The normalized spacial score (nSPS) is 12.4. The highest BCUT2D eigenvalue weighted by Gasteiger charge is 2.14. The van der Waals surface area contributed by atoms with E-state index in [1.54, 1.807) is 0 Å². The molecule has 3 aromatic heterocycles. The SMILES string of the molecule is O=[N+]([O-])c1cnn(CC(O)Cn2nnc(-c3cccs3)n2)c1. The predicted octanol–water partition coefficient (Wildman–Crippen LogP) is 0.567. The number of nitrogens with zero attached hydrogens (tertiary/aromatic N) is 7. The molecule has 0 aromatic carbocycles. The first-order valence-corrected chi connectivity index (χ1v) is 7.16. The van der Waals surface area contributed by atoms with Gasteiger partial charge in [-0.25, -0.2) is 0 Å². The lowest BCUT2D eigenvalue weighted by Crippen LogP contribution is -2.23. The average molecular weight is 321 g/mol. The van der Waals surface area contributed by atoms with Crippen molar-refractivity contribution in [1.82, 2.24) is 30.0 Å². The summed E-state index contributed by atoms with van der Waals surface area (Å²) in [6.45, 7) is 0.218. The number of rotatable bonds is 6. The minimum Gasteiger partial charge on any atom is -0.389 e. The first-order chi connectivity index (χ1) is 10.6. The summed E-state index contributed by atoms with van der Waals surface area (Å²) in [7, 11) is 0. The Labute approximate surface area is 127 Å². The number of nitro groups is 1. The van der Waals surface area contributed by atoms with Crippen LogP contribution in [-0.2, 0) is 13.1 Å². The number of aliphatic hydroxyl groups is 1. The fourth-order valence-electron chi connectivity index (χ4n) is 1.83. The molecular weight excluding hydrogens is 310 g/mol. The van der Waals surface area contributed by atoms with Crippen LogP contribution in [0.3, 0.4) is 0 Å². The van der Waals surface area contributed by atoms with E-state index in [-0.39, 0.29) is 18.8 Å². The van der Waals surface area contributed by atoms with Gasteiger partial charge in [0.15, 0.2) is 0 Å². The molecular formula is C11H11N7O3S. The van der Waals surface area contributed by atoms with Crippen LogP contribution < -0.4 is 0 Å². The van der Waals surface area contributed by atoms with Gasteiger partial charge < -0.3 is 5.11 Å². The third-order valence-corrected chi connectivity index (χ3v) is 3.66. The zero-order valence-corrected chi connectivity index (χ0v) is 12.0. The van der Waals surface area contributed by atoms with Crippen LogP contribution in [0.5, 0.6) is 0 Å². The number of aromatic nitrogens is 6. The van der Waals surface area contributed by atoms with Gasteiger partial charge in [0.2, 0.25) is 5.82 Å². The zero-order chi connectivity index (χ0) is 15.5. The summed E-state index contributed by atoms with van der Waals surface area (Å²) in [5, 5.41) is 38.2. The molecule has 0 amide bonds. The van der Waals surface area contributed by atoms with Crippen molar-refractivity contribution in [2.45, 2.75) is 19.2 Å². The standard InChI is InChI=1S/C11H11N7O3S/c19-9(6-16-5-8(4-12-16)18(20)21)7-17-14-11(13-15-17)10-2-1-3-22-10/h1-5,9,19H,6-7H2. The molecule has 0 bridgehead atoms. The van der Waals surface area contributed by atoms with E-state index in [4.69, 9.17) is 0 Å². The van der Waals surface area contributed by atoms with Crippen molar-refractivity contribution in [3.05, 3.63) is 40.0 Å². The molecule has 3 aromatic rings. The summed E-state index contributed by atoms with van der Waals surface area (Å²) >= 11 is 1.50. The van der Waals surface area contributed by atoms with Crippen LogP contribution in [0, 0.1) is 10.1 Å². The quantitative estimate of drug-likeness (QED) is 0.519.